The van der Waals surface area contributed by atoms with Gasteiger partial charge in [0, 0.05) is 6.42 Å². The number of halogens is 5. The monoisotopic (exact) mass is 158 g/mol. The fraction of sp³-hybridized carbons (Fsp3) is 0.200. The van der Waals surface area contributed by atoms with Crippen LogP contribution in [0.2, 0.25) is 0 Å². The van der Waals surface area contributed by atoms with E-state index >= 15 is 0 Å². The molecule has 0 spiro atoms. The summed E-state index contributed by atoms with van der Waals surface area (Å²) in [6.07, 6.45) is -5.70. The Bertz CT molecular complexity index is 161. The van der Waals surface area contributed by atoms with Crippen LogP contribution in [0.5, 0.6) is 0 Å². The van der Waals surface area contributed by atoms with Gasteiger partial charge in [0.05, 0.1) is 0 Å². The zero-order chi connectivity index (χ0) is 8.15. The van der Waals surface area contributed by atoms with Crippen molar-refractivity contribution in [3.05, 3.63) is 24.1 Å². The highest BCUT2D eigenvalue weighted by Crippen LogP contribution is 2.14. The average molecular weight is 158 g/mol. The lowest BCUT2D eigenvalue weighted by Gasteiger charge is -1.85. The van der Waals surface area contributed by atoms with Crippen molar-refractivity contribution in [3.8, 4) is 0 Å². The Hall–Kier alpha value is -0.870. The summed E-state index contributed by atoms with van der Waals surface area (Å²) in [5.74, 6) is -1.83. The predicted octanol–water partition coefficient (Wildman–Crippen LogP) is 3.23. The summed E-state index contributed by atoms with van der Waals surface area (Å²) in [6, 6.07) is 0. The molecule has 58 valence electrons. The quantitative estimate of drug-likeness (QED) is 0.541. The average Bonchev–Trinajstić information content (AvgIpc) is 1.82. The summed E-state index contributed by atoms with van der Waals surface area (Å²) in [4.78, 5) is 0. The molecule has 0 atom stereocenters. The first-order valence-electron chi connectivity index (χ1n) is 2.25. The van der Waals surface area contributed by atoms with E-state index in [0.717, 1.165) is 0 Å². The Labute approximate surface area is 53.6 Å². The zero-order valence-electron chi connectivity index (χ0n) is 4.67. The van der Waals surface area contributed by atoms with Gasteiger partial charge in [-0.1, -0.05) is 0 Å². The molecular formula is C5H3F5. The Balaban J connectivity index is 3.94. The van der Waals surface area contributed by atoms with Gasteiger partial charge in [0.2, 0.25) is 0 Å². The molecule has 0 rings (SSSR count). The lowest BCUT2D eigenvalue weighted by molar-refractivity contribution is 0.372. The van der Waals surface area contributed by atoms with Crippen molar-refractivity contribution in [3.63, 3.8) is 0 Å². The van der Waals surface area contributed by atoms with Gasteiger partial charge < -0.3 is 0 Å². The van der Waals surface area contributed by atoms with Gasteiger partial charge in [-0.15, -0.1) is 0 Å². The van der Waals surface area contributed by atoms with Crippen LogP contribution in [0.25, 0.3) is 0 Å². The second-order valence-corrected chi connectivity index (χ2v) is 1.36. The van der Waals surface area contributed by atoms with E-state index in [0.29, 0.717) is 0 Å². The van der Waals surface area contributed by atoms with Crippen LogP contribution in [0, 0.1) is 0 Å². The van der Waals surface area contributed by atoms with Crippen molar-refractivity contribution in [2.45, 2.75) is 6.42 Å². The van der Waals surface area contributed by atoms with E-state index in [-0.39, 0.29) is 6.08 Å². The lowest BCUT2D eigenvalue weighted by Crippen LogP contribution is -1.72. The Morgan fingerprint density at radius 2 is 1.50 bits per heavy atom. The molecule has 0 saturated heterocycles. The van der Waals surface area contributed by atoms with Gasteiger partial charge in [0.15, 0.2) is 5.83 Å². The number of hydrogen-bond donors (Lipinski definition) is 0. The van der Waals surface area contributed by atoms with Crippen molar-refractivity contribution in [1.29, 1.82) is 0 Å². The first-order chi connectivity index (χ1) is 4.54. The summed E-state index contributed by atoms with van der Waals surface area (Å²) in [7, 11) is 0. The van der Waals surface area contributed by atoms with Gasteiger partial charge in [-0.25, -0.2) is 4.39 Å². The lowest BCUT2D eigenvalue weighted by atomic mass is 10.4. The molecule has 0 aromatic heterocycles. The normalized spacial score (nSPS) is 8.90. The van der Waals surface area contributed by atoms with E-state index in [1.165, 1.54) is 0 Å². The largest absolute Gasteiger partial charge is 0.301 e. The Morgan fingerprint density at radius 1 is 1.00 bits per heavy atom. The number of rotatable bonds is 2. The molecule has 10 heavy (non-hydrogen) atoms. The molecule has 0 saturated carbocycles. The minimum Gasteiger partial charge on any atom is -0.206 e. The Kier molecular flexibility index (Phi) is 3.68. The van der Waals surface area contributed by atoms with E-state index < -0.39 is 24.4 Å². The van der Waals surface area contributed by atoms with Gasteiger partial charge in [-0.2, -0.15) is 17.6 Å². The summed E-state index contributed by atoms with van der Waals surface area (Å²) in [5, 5.41) is 0. The zero-order valence-corrected chi connectivity index (χ0v) is 4.67. The molecule has 0 unspecified atom stereocenters. The molecule has 0 amide bonds. The fourth-order valence-corrected chi connectivity index (χ4v) is 0.244. The molecular weight excluding hydrogens is 155 g/mol. The third-order valence-corrected chi connectivity index (χ3v) is 0.641. The molecule has 0 aromatic carbocycles. The van der Waals surface area contributed by atoms with Crippen LogP contribution in [0.1, 0.15) is 6.42 Å². The second kappa shape index (κ2) is 4.03. The fourth-order valence-electron chi connectivity index (χ4n) is 0.244. The van der Waals surface area contributed by atoms with Crippen LogP contribution in [0.15, 0.2) is 24.1 Å². The minimum atomic E-state index is -2.56. The summed E-state index contributed by atoms with van der Waals surface area (Å²) in [5.41, 5.74) is 0. The molecule has 0 bridgehead atoms. The van der Waals surface area contributed by atoms with Crippen LogP contribution >= 0.6 is 0 Å². The topological polar surface area (TPSA) is 0 Å². The van der Waals surface area contributed by atoms with Gasteiger partial charge in [-0.3, -0.25) is 0 Å². The molecule has 0 nitrogen and oxygen atoms in total. The summed E-state index contributed by atoms with van der Waals surface area (Å²) >= 11 is 0. The molecule has 0 fully saturated rings. The van der Waals surface area contributed by atoms with Gasteiger partial charge in [0.25, 0.3) is 6.08 Å². The summed E-state index contributed by atoms with van der Waals surface area (Å²) < 4.78 is 56.0. The molecule has 0 aliphatic rings. The molecule has 5 heteroatoms. The molecule has 0 heterocycles. The van der Waals surface area contributed by atoms with E-state index in [1.54, 1.807) is 0 Å². The van der Waals surface area contributed by atoms with Gasteiger partial charge >= 0.3 is 6.08 Å². The van der Waals surface area contributed by atoms with Crippen molar-refractivity contribution >= 4 is 0 Å². The molecule has 0 aliphatic carbocycles. The van der Waals surface area contributed by atoms with Crippen molar-refractivity contribution in [2.75, 3.05) is 0 Å². The van der Waals surface area contributed by atoms with Crippen LogP contribution in [-0.2, 0) is 0 Å². The minimum absolute atomic E-state index is 0.0779. The van der Waals surface area contributed by atoms with E-state index in [9.17, 15) is 22.0 Å². The summed E-state index contributed by atoms with van der Waals surface area (Å²) in [6.45, 7) is 0. The van der Waals surface area contributed by atoms with Crippen molar-refractivity contribution < 1.29 is 22.0 Å². The van der Waals surface area contributed by atoms with E-state index in [2.05, 4.69) is 0 Å². The van der Waals surface area contributed by atoms with Crippen molar-refractivity contribution in [1.82, 2.24) is 0 Å². The van der Waals surface area contributed by atoms with Crippen LogP contribution < -0.4 is 0 Å². The maximum Gasteiger partial charge on any atom is 0.301 e. The molecule has 0 aliphatic heterocycles. The van der Waals surface area contributed by atoms with Crippen LogP contribution in [-0.4, -0.2) is 0 Å². The van der Waals surface area contributed by atoms with Crippen molar-refractivity contribution in [2.24, 2.45) is 0 Å². The molecule has 0 N–H and O–H groups in total. The Morgan fingerprint density at radius 3 is 1.80 bits per heavy atom. The van der Waals surface area contributed by atoms with Gasteiger partial charge in [0.1, 0.15) is 0 Å². The van der Waals surface area contributed by atoms with Crippen LogP contribution in [0.3, 0.4) is 0 Å². The van der Waals surface area contributed by atoms with Crippen LogP contribution in [0.4, 0.5) is 22.0 Å². The predicted molar refractivity (Wildman–Crippen MR) is 25.3 cm³/mol. The van der Waals surface area contributed by atoms with E-state index in [4.69, 9.17) is 0 Å². The third-order valence-electron chi connectivity index (χ3n) is 0.641. The maximum absolute atomic E-state index is 11.6. The SMILES string of the molecule is FC(F)=CCC(F)=C(F)F. The first-order valence-corrected chi connectivity index (χ1v) is 2.25. The highest BCUT2D eigenvalue weighted by atomic mass is 19.3. The molecule has 0 aromatic rings. The van der Waals surface area contributed by atoms with Gasteiger partial charge in [-0.05, 0) is 6.08 Å². The number of allylic oxidation sites excluding steroid dienone is 2. The highest BCUT2D eigenvalue weighted by molar-refractivity contribution is 4.99. The second-order valence-electron chi connectivity index (χ2n) is 1.36. The first kappa shape index (κ1) is 9.13. The standard InChI is InChI=1S/C5H3F5/c6-3(5(9)10)1-2-4(7)8/h2H,1H2. The molecule has 0 radical (unpaired) electrons. The third kappa shape index (κ3) is 4.05. The highest BCUT2D eigenvalue weighted by Gasteiger charge is 2.02. The number of hydrogen-bond acceptors (Lipinski definition) is 0. The van der Waals surface area contributed by atoms with E-state index in [1.807, 2.05) is 0 Å². The maximum atomic E-state index is 11.6. The smallest absolute Gasteiger partial charge is 0.206 e.